The molecule has 2 N–H and O–H groups in total. The number of hydrogen-bond donors (Lipinski definition) is 1. The van der Waals surface area contributed by atoms with Crippen LogP contribution in [0.25, 0.3) is 11.1 Å². The molecule has 2 rings (SSSR count). The largest absolute Gasteiger partial charge is 0.497 e. The summed E-state index contributed by atoms with van der Waals surface area (Å²) in [5.74, 6) is 1.47. The molecule has 0 radical (unpaired) electrons. The van der Waals surface area contributed by atoms with Crippen LogP contribution in [0.15, 0.2) is 22.6 Å². The number of fused-ring (bicyclic) bond motifs is 1. The van der Waals surface area contributed by atoms with E-state index in [1.165, 1.54) is 0 Å². The summed E-state index contributed by atoms with van der Waals surface area (Å²) in [4.78, 5) is 4.50. The standard InChI is InChI=1S/C13H18N2O2/c1-4-13(2,8-14)12-15-10-6-5-9(16-3)7-11(10)17-12/h5-7H,4,8,14H2,1-3H3. The van der Waals surface area contributed by atoms with E-state index in [1.54, 1.807) is 7.11 Å². The molecule has 1 atom stereocenters. The van der Waals surface area contributed by atoms with E-state index in [0.29, 0.717) is 12.4 Å². The molecule has 0 saturated heterocycles. The van der Waals surface area contributed by atoms with Crippen molar-refractivity contribution < 1.29 is 9.15 Å². The predicted molar refractivity (Wildman–Crippen MR) is 67.3 cm³/mol. The minimum atomic E-state index is -0.202. The molecule has 1 aromatic heterocycles. The molecule has 0 aliphatic heterocycles. The Labute approximate surface area is 101 Å². The molecule has 0 aliphatic carbocycles. The van der Waals surface area contributed by atoms with Gasteiger partial charge in [-0.1, -0.05) is 6.92 Å². The molecule has 17 heavy (non-hydrogen) atoms. The fourth-order valence-corrected chi connectivity index (χ4v) is 1.67. The van der Waals surface area contributed by atoms with Gasteiger partial charge in [0.05, 0.1) is 12.5 Å². The van der Waals surface area contributed by atoms with Gasteiger partial charge in [-0.3, -0.25) is 0 Å². The third-order valence-electron chi connectivity index (χ3n) is 3.34. The second-order valence-electron chi connectivity index (χ2n) is 4.47. The number of ether oxygens (including phenoxy) is 1. The van der Waals surface area contributed by atoms with Crippen molar-refractivity contribution >= 4 is 11.1 Å². The highest BCUT2D eigenvalue weighted by atomic mass is 16.5. The van der Waals surface area contributed by atoms with E-state index in [1.807, 2.05) is 18.2 Å². The molecule has 2 aromatic rings. The van der Waals surface area contributed by atoms with Crippen LogP contribution in [0, 0.1) is 0 Å². The third-order valence-corrected chi connectivity index (χ3v) is 3.34. The summed E-state index contributed by atoms with van der Waals surface area (Å²) in [5, 5.41) is 0. The Morgan fingerprint density at radius 1 is 1.47 bits per heavy atom. The van der Waals surface area contributed by atoms with Crippen molar-refractivity contribution in [1.29, 1.82) is 0 Å². The van der Waals surface area contributed by atoms with E-state index >= 15 is 0 Å². The first-order chi connectivity index (χ1) is 8.12. The Morgan fingerprint density at radius 3 is 2.82 bits per heavy atom. The number of nitrogens with zero attached hydrogens (tertiary/aromatic N) is 1. The molecule has 0 saturated carbocycles. The molecular formula is C13H18N2O2. The second-order valence-corrected chi connectivity index (χ2v) is 4.47. The summed E-state index contributed by atoms with van der Waals surface area (Å²) in [7, 11) is 1.63. The first-order valence-corrected chi connectivity index (χ1v) is 5.78. The van der Waals surface area contributed by atoms with Gasteiger partial charge in [0, 0.05) is 12.6 Å². The molecule has 1 unspecified atom stereocenters. The molecule has 4 nitrogen and oxygen atoms in total. The van der Waals surface area contributed by atoms with Crippen LogP contribution in [0.5, 0.6) is 5.75 Å². The highest BCUT2D eigenvalue weighted by molar-refractivity contribution is 5.74. The lowest BCUT2D eigenvalue weighted by Crippen LogP contribution is -2.31. The monoisotopic (exact) mass is 234 g/mol. The zero-order valence-electron chi connectivity index (χ0n) is 10.5. The van der Waals surface area contributed by atoms with Crippen molar-refractivity contribution in [3.05, 3.63) is 24.1 Å². The van der Waals surface area contributed by atoms with Crippen molar-refractivity contribution in [2.45, 2.75) is 25.7 Å². The zero-order valence-corrected chi connectivity index (χ0v) is 10.5. The highest BCUT2D eigenvalue weighted by Gasteiger charge is 2.28. The summed E-state index contributed by atoms with van der Waals surface area (Å²) in [6, 6.07) is 5.62. The molecule has 1 aromatic carbocycles. The Bertz CT molecular complexity index is 515. The first-order valence-electron chi connectivity index (χ1n) is 5.78. The van der Waals surface area contributed by atoms with E-state index in [4.69, 9.17) is 14.9 Å². The van der Waals surface area contributed by atoms with E-state index in [9.17, 15) is 0 Å². The number of benzene rings is 1. The van der Waals surface area contributed by atoms with Gasteiger partial charge in [-0.25, -0.2) is 4.98 Å². The molecule has 1 heterocycles. The first kappa shape index (κ1) is 11.9. The van der Waals surface area contributed by atoms with Crippen LogP contribution in [-0.4, -0.2) is 18.6 Å². The van der Waals surface area contributed by atoms with Gasteiger partial charge in [0.25, 0.3) is 0 Å². The van der Waals surface area contributed by atoms with Crippen LogP contribution in [0.1, 0.15) is 26.2 Å². The van der Waals surface area contributed by atoms with Crippen LogP contribution in [0.2, 0.25) is 0 Å². The number of aromatic nitrogens is 1. The van der Waals surface area contributed by atoms with Gasteiger partial charge in [0.2, 0.25) is 5.89 Å². The van der Waals surface area contributed by atoms with Crippen molar-refractivity contribution in [2.24, 2.45) is 5.73 Å². The maximum Gasteiger partial charge on any atom is 0.202 e. The Balaban J connectivity index is 2.50. The Hall–Kier alpha value is -1.55. The molecule has 0 aliphatic rings. The van der Waals surface area contributed by atoms with Gasteiger partial charge >= 0.3 is 0 Å². The summed E-state index contributed by atoms with van der Waals surface area (Å²) in [5.41, 5.74) is 7.19. The van der Waals surface area contributed by atoms with Crippen LogP contribution in [0.4, 0.5) is 0 Å². The lowest BCUT2D eigenvalue weighted by molar-refractivity contribution is 0.353. The van der Waals surface area contributed by atoms with E-state index < -0.39 is 0 Å². The molecule has 0 fully saturated rings. The minimum absolute atomic E-state index is 0.202. The number of nitrogens with two attached hydrogens (primary N) is 1. The average molecular weight is 234 g/mol. The van der Waals surface area contributed by atoms with Crippen molar-refractivity contribution in [3.63, 3.8) is 0 Å². The number of methoxy groups -OCH3 is 1. The third kappa shape index (κ3) is 2.00. The summed E-state index contributed by atoms with van der Waals surface area (Å²) < 4.78 is 10.9. The van der Waals surface area contributed by atoms with E-state index in [2.05, 4.69) is 18.8 Å². The van der Waals surface area contributed by atoms with E-state index in [-0.39, 0.29) is 5.41 Å². The average Bonchev–Trinajstić information content (AvgIpc) is 2.80. The lowest BCUT2D eigenvalue weighted by Gasteiger charge is -2.21. The predicted octanol–water partition coefficient (Wildman–Crippen LogP) is 2.46. The topological polar surface area (TPSA) is 61.3 Å². The van der Waals surface area contributed by atoms with Crippen molar-refractivity contribution in [3.8, 4) is 5.75 Å². The maximum atomic E-state index is 5.80. The summed E-state index contributed by atoms with van der Waals surface area (Å²) in [6.07, 6.45) is 0.896. The number of rotatable bonds is 4. The van der Waals surface area contributed by atoms with Gasteiger partial charge in [-0.2, -0.15) is 0 Å². The fraction of sp³-hybridized carbons (Fsp3) is 0.462. The number of oxazole rings is 1. The van der Waals surface area contributed by atoms with Crippen molar-refractivity contribution in [2.75, 3.05) is 13.7 Å². The zero-order chi connectivity index (χ0) is 12.5. The molecular weight excluding hydrogens is 216 g/mol. The van der Waals surface area contributed by atoms with Gasteiger partial charge < -0.3 is 14.9 Å². The van der Waals surface area contributed by atoms with Crippen LogP contribution >= 0.6 is 0 Å². The van der Waals surface area contributed by atoms with Gasteiger partial charge in [0.1, 0.15) is 11.3 Å². The maximum absolute atomic E-state index is 5.80. The highest BCUT2D eigenvalue weighted by Crippen LogP contribution is 2.30. The van der Waals surface area contributed by atoms with Gasteiger partial charge in [0.15, 0.2) is 5.58 Å². The van der Waals surface area contributed by atoms with Crippen LogP contribution in [-0.2, 0) is 5.41 Å². The van der Waals surface area contributed by atoms with Crippen LogP contribution in [0.3, 0.4) is 0 Å². The second kappa shape index (κ2) is 4.37. The number of hydrogen-bond acceptors (Lipinski definition) is 4. The van der Waals surface area contributed by atoms with Gasteiger partial charge in [-0.15, -0.1) is 0 Å². The Morgan fingerprint density at radius 2 is 2.24 bits per heavy atom. The molecule has 0 spiro atoms. The molecule has 0 amide bonds. The normalized spacial score (nSPS) is 14.8. The quantitative estimate of drug-likeness (QED) is 0.882. The SMILES string of the molecule is CCC(C)(CN)c1nc2ccc(OC)cc2o1. The van der Waals surface area contributed by atoms with Crippen molar-refractivity contribution in [1.82, 2.24) is 4.98 Å². The summed E-state index contributed by atoms with van der Waals surface area (Å²) in [6.45, 7) is 4.67. The lowest BCUT2D eigenvalue weighted by atomic mass is 9.88. The van der Waals surface area contributed by atoms with Gasteiger partial charge in [-0.05, 0) is 25.5 Å². The van der Waals surface area contributed by atoms with Crippen LogP contribution < -0.4 is 10.5 Å². The molecule has 4 heteroatoms. The summed E-state index contributed by atoms with van der Waals surface area (Å²) >= 11 is 0. The fourth-order valence-electron chi connectivity index (χ4n) is 1.67. The Kier molecular flexibility index (Phi) is 3.07. The smallest absolute Gasteiger partial charge is 0.202 e. The molecule has 0 bridgehead atoms. The molecule has 92 valence electrons. The minimum Gasteiger partial charge on any atom is -0.497 e. The van der Waals surface area contributed by atoms with E-state index in [0.717, 1.165) is 23.3 Å².